The number of hydrogen-bond donors (Lipinski definition) is 2. The number of aliphatic hydroxyl groups is 2. The molecule has 0 aliphatic rings. The second-order valence-corrected chi connectivity index (χ2v) is 6.86. The highest BCUT2D eigenvalue weighted by Gasteiger charge is 2.00. The number of rotatable bonds is 19. The van der Waals surface area contributed by atoms with E-state index in [1.165, 1.54) is 89.9 Å². The third-order valence-corrected chi connectivity index (χ3v) is 4.41. The summed E-state index contributed by atoms with van der Waals surface area (Å²) in [5, 5.41) is 17.7. The Balaban J connectivity index is 2.97. The zero-order chi connectivity index (χ0) is 17.0. The second kappa shape index (κ2) is 19.9. The van der Waals surface area contributed by atoms with Crippen LogP contribution in [0.3, 0.4) is 0 Å². The predicted molar refractivity (Wildman–Crippen MR) is 98.8 cm³/mol. The van der Waals surface area contributed by atoms with Crippen LogP contribution in [-0.4, -0.2) is 36.1 Å². The maximum Gasteiger partial charge on any atom is 0.100 e. The van der Waals surface area contributed by atoms with E-state index in [0.29, 0.717) is 6.61 Å². The van der Waals surface area contributed by atoms with Gasteiger partial charge in [-0.15, -0.1) is 0 Å². The summed E-state index contributed by atoms with van der Waals surface area (Å²) in [6, 6.07) is 0. The van der Waals surface area contributed by atoms with E-state index in [2.05, 4.69) is 6.92 Å². The monoisotopic (exact) mass is 330 g/mol. The van der Waals surface area contributed by atoms with Crippen LogP contribution >= 0.6 is 0 Å². The highest BCUT2D eigenvalue weighted by atomic mass is 16.5. The highest BCUT2D eigenvalue weighted by molar-refractivity contribution is 4.51. The van der Waals surface area contributed by atoms with E-state index in [0.717, 1.165) is 6.42 Å². The molecule has 0 aliphatic carbocycles. The molecular weight excluding hydrogens is 288 g/mol. The lowest BCUT2D eigenvalue weighted by atomic mass is 10.0. The summed E-state index contributed by atoms with van der Waals surface area (Å²) in [6.45, 7) is 3.03. The van der Waals surface area contributed by atoms with Gasteiger partial charge in [-0.2, -0.15) is 0 Å². The molecule has 0 saturated heterocycles. The quantitative estimate of drug-likeness (QED) is 0.319. The summed E-state index contributed by atoms with van der Waals surface area (Å²) in [4.78, 5) is 0. The van der Waals surface area contributed by atoms with Crippen molar-refractivity contribution in [1.82, 2.24) is 0 Å². The Morgan fingerprint density at radius 3 is 1.43 bits per heavy atom. The van der Waals surface area contributed by atoms with Crippen molar-refractivity contribution in [3.63, 3.8) is 0 Å². The molecule has 0 amide bonds. The van der Waals surface area contributed by atoms with E-state index in [4.69, 9.17) is 14.9 Å². The molecule has 0 aliphatic heterocycles. The summed E-state index contributed by atoms with van der Waals surface area (Å²) < 4.78 is 5.29. The average molecular weight is 331 g/mol. The van der Waals surface area contributed by atoms with Crippen molar-refractivity contribution in [2.45, 2.75) is 109 Å². The first kappa shape index (κ1) is 22.9. The fourth-order valence-corrected chi connectivity index (χ4v) is 2.85. The maximum absolute atomic E-state index is 9.11. The Bertz CT molecular complexity index is 209. The van der Waals surface area contributed by atoms with Crippen molar-refractivity contribution in [3.8, 4) is 0 Å². The number of ether oxygens (including phenoxy) is 1. The van der Waals surface area contributed by atoms with Crippen LogP contribution in [0.25, 0.3) is 0 Å². The van der Waals surface area contributed by atoms with Crippen molar-refractivity contribution in [2.24, 2.45) is 0 Å². The van der Waals surface area contributed by atoms with Gasteiger partial charge in [0.2, 0.25) is 0 Å². The molecule has 0 spiro atoms. The molecule has 23 heavy (non-hydrogen) atoms. The molecule has 3 heteroatoms. The molecule has 0 unspecified atom stereocenters. The molecule has 140 valence electrons. The first-order chi connectivity index (χ1) is 11.3. The van der Waals surface area contributed by atoms with E-state index >= 15 is 0 Å². The van der Waals surface area contributed by atoms with Gasteiger partial charge in [0.15, 0.2) is 0 Å². The Hall–Kier alpha value is -0.120. The minimum absolute atomic E-state index is 0.209. The lowest BCUT2D eigenvalue weighted by molar-refractivity contribution is 0.00526. The summed E-state index contributed by atoms with van der Waals surface area (Å²) in [6.07, 6.45) is 19.8. The van der Waals surface area contributed by atoms with Gasteiger partial charge in [-0.05, 0) is 6.42 Å². The van der Waals surface area contributed by atoms with Crippen LogP contribution in [0.1, 0.15) is 103 Å². The van der Waals surface area contributed by atoms with Crippen molar-refractivity contribution in [2.75, 3.05) is 19.8 Å². The summed E-state index contributed by atoms with van der Waals surface area (Å²) in [5.74, 6) is 0. The molecular formula is C20H42O3. The third-order valence-electron chi connectivity index (χ3n) is 4.41. The molecule has 0 saturated carbocycles. The number of aliphatic hydroxyl groups excluding tert-OH is 2. The second-order valence-electron chi connectivity index (χ2n) is 6.86. The largest absolute Gasteiger partial charge is 0.394 e. The molecule has 0 heterocycles. The molecule has 0 aromatic heterocycles. The number of hydrogen-bond acceptors (Lipinski definition) is 3. The van der Waals surface area contributed by atoms with Gasteiger partial charge in [-0.3, -0.25) is 0 Å². The van der Waals surface area contributed by atoms with Crippen LogP contribution in [0, 0.1) is 0 Å². The highest BCUT2D eigenvalue weighted by Crippen LogP contribution is 2.13. The van der Waals surface area contributed by atoms with Crippen molar-refractivity contribution in [3.05, 3.63) is 0 Å². The molecule has 0 aromatic rings. The fourth-order valence-electron chi connectivity index (χ4n) is 2.85. The lowest BCUT2D eigenvalue weighted by Crippen LogP contribution is -2.19. The lowest BCUT2D eigenvalue weighted by Gasteiger charge is -2.08. The minimum Gasteiger partial charge on any atom is -0.394 e. The van der Waals surface area contributed by atoms with Gasteiger partial charge in [0, 0.05) is 6.61 Å². The zero-order valence-electron chi connectivity index (χ0n) is 15.6. The van der Waals surface area contributed by atoms with Crippen LogP contribution in [0.2, 0.25) is 0 Å². The van der Waals surface area contributed by atoms with Crippen molar-refractivity contribution >= 4 is 0 Å². The van der Waals surface area contributed by atoms with Crippen LogP contribution in [0.5, 0.6) is 0 Å². The molecule has 0 fully saturated rings. The molecule has 0 radical (unpaired) electrons. The first-order valence-corrected chi connectivity index (χ1v) is 10.2. The van der Waals surface area contributed by atoms with Gasteiger partial charge in [-0.25, -0.2) is 0 Å². The molecule has 0 aromatic carbocycles. The van der Waals surface area contributed by atoms with Gasteiger partial charge in [0.05, 0.1) is 13.2 Å². The Morgan fingerprint density at radius 2 is 1.04 bits per heavy atom. The van der Waals surface area contributed by atoms with Gasteiger partial charge < -0.3 is 14.9 Å². The third kappa shape index (κ3) is 19.8. The van der Waals surface area contributed by atoms with Gasteiger partial charge in [-0.1, -0.05) is 96.8 Å². The summed E-state index contributed by atoms with van der Waals surface area (Å²) in [5.41, 5.74) is 0. The molecule has 3 nitrogen and oxygen atoms in total. The van der Waals surface area contributed by atoms with E-state index in [9.17, 15) is 0 Å². The van der Waals surface area contributed by atoms with E-state index in [-0.39, 0.29) is 13.2 Å². The Labute approximate surface area is 144 Å². The SMILES string of the molecule is CCCCCCCCCCCCCCCCCOC[C@H](O)CO. The van der Waals surface area contributed by atoms with E-state index < -0.39 is 6.10 Å². The van der Waals surface area contributed by atoms with E-state index in [1.54, 1.807) is 0 Å². The average Bonchev–Trinajstić information content (AvgIpc) is 2.57. The maximum atomic E-state index is 9.11. The van der Waals surface area contributed by atoms with E-state index in [1.807, 2.05) is 0 Å². The summed E-state index contributed by atoms with van der Waals surface area (Å²) >= 11 is 0. The molecule has 2 N–H and O–H groups in total. The normalized spacial score (nSPS) is 12.7. The number of unbranched alkanes of at least 4 members (excludes halogenated alkanes) is 14. The Kier molecular flexibility index (Phi) is 19.8. The zero-order valence-corrected chi connectivity index (χ0v) is 15.6. The van der Waals surface area contributed by atoms with Gasteiger partial charge >= 0.3 is 0 Å². The first-order valence-electron chi connectivity index (χ1n) is 10.2. The smallest absolute Gasteiger partial charge is 0.100 e. The van der Waals surface area contributed by atoms with Crippen LogP contribution < -0.4 is 0 Å². The molecule has 0 bridgehead atoms. The Morgan fingerprint density at radius 1 is 0.652 bits per heavy atom. The van der Waals surface area contributed by atoms with Crippen LogP contribution in [0.15, 0.2) is 0 Å². The topological polar surface area (TPSA) is 49.7 Å². The summed E-state index contributed by atoms with van der Waals surface area (Å²) in [7, 11) is 0. The van der Waals surface area contributed by atoms with Crippen LogP contribution in [-0.2, 0) is 4.74 Å². The van der Waals surface area contributed by atoms with Gasteiger partial charge in [0.1, 0.15) is 6.10 Å². The van der Waals surface area contributed by atoms with Crippen molar-refractivity contribution in [1.29, 1.82) is 0 Å². The molecule has 0 rings (SSSR count). The standard InChI is InChI=1S/C20H42O3/c1-2-3-4-5-6-7-8-9-10-11-12-13-14-15-16-17-23-19-20(22)18-21/h20-22H,2-19H2,1H3/t20-/m1/s1. The van der Waals surface area contributed by atoms with Gasteiger partial charge in [0.25, 0.3) is 0 Å². The molecule has 1 atom stereocenters. The fraction of sp³-hybridized carbons (Fsp3) is 1.00. The minimum atomic E-state index is -0.716. The predicted octanol–water partition coefficient (Wildman–Crippen LogP) is 5.23. The van der Waals surface area contributed by atoms with Crippen molar-refractivity contribution < 1.29 is 14.9 Å². The van der Waals surface area contributed by atoms with Crippen LogP contribution in [0.4, 0.5) is 0 Å².